The largest absolute Gasteiger partial charge is 0.435 e. The van der Waals surface area contributed by atoms with E-state index < -0.39 is 11.9 Å². The molecule has 0 aromatic carbocycles. The molecule has 6 nitrogen and oxygen atoms in total. The lowest BCUT2D eigenvalue weighted by atomic mass is 9.96. The zero-order valence-corrected chi connectivity index (χ0v) is 14.0. The third-order valence-electron chi connectivity index (χ3n) is 4.93. The first-order valence-corrected chi connectivity index (χ1v) is 8.66. The number of nitrogens with zero attached hydrogens (tertiary/aromatic N) is 5. The Balaban J connectivity index is 1.39. The van der Waals surface area contributed by atoms with Crippen LogP contribution in [-0.4, -0.2) is 33.1 Å². The number of rotatable bonds is 3. The Morgan fingerprint density at radius 2 is 1.88 bits per heavy atom. The second-order valence-electron chi connectivity index (χ2n) is 6.89. The second kappa shape index (κ2) is 6.37. The first-order valence-electron chi connectivity index (χ1n) is 8.66. The van der Waals surface area contributed by atoms with Crippen LogP contribution >= 0.6 is 0 Å². The molecule has 2 aromatic heterocycles. The average molecular weight is 365 g/mol. The van der Waals surface area contributed by atoms with Gasteiger partial charge < -0.3 is 4.90 Å². The Morgan fingerprint density at radius 1 is 1.12 bits per heavy atom. The van der Waals surface area contributed by atoms with Crippen molar-refractivity contribution in [3.8, 4) is 0 Å². The van der Waals surface area contributed by atoms with Crippen molar-refractivity contribution in [1.29, 1.82) is 0 Å². The number of halogens is 3. The topological polar surface area (TPSA) is 63.9 Å². The first kappa shape index (κ1) is 17.0. The standard InChI is InChI=1S/C17H18F3N5O/c18-17(19,20)14-5-6-15(22-21-14)24-8-11(9-24)10-25-16(26)7-12-3-1-2-4-13(12)23-25/h5-7,11H,1-4,8-10H2. The molecule has 4 rings (SSSR count). The van der Waals surface area contributed by atoms with Crippen molar-refractivity contribution < 1.29 is 13.2 Å². The van der Waals surface area contributed by atoms with Gasteiger partial charge in [0, 0.05) is 25.1 Å². The molecule has 0 unspecified atom stereocenters. The van der Waals surface area contributed by atoms with E-state index in [0.29, 0.717) is 25.5 Å². The molecule has 3 heterocycles. The van der Waals surface area contributed by atoms with Gasteiger partial charge in [-0.2, -0.15) is 18.3 Å². The van der Waals surface area contributed by atoms with E-state index in [1.54, 1.807) is 6.07 Å². The van der Waals surface area contributed by atoms with Gasteiger partial charge in [-0.1, -0.05) is 0 Å². The highest BCUT2D eigenvalue weighted by molar-refractivity contribution is 5.40. The van der Waals surface area contributed by atoms with Crippen LogP contribution in [0.15, 0.2) is 23.0 Å². The van der Waals surface area contributed by atoms with Crippen LogP contribution in [0.4, 0.5) is 19.0 Å². The lowest BCUT2D eigenvalue weighted by Crippen LogP contribution is -2.50. The summed E-state index contributed by atoms with van der Waals surface area (Å²) < 4.78 is 39.1. The Bertz CT molecular complexity index is 856. The Morgan fingerprint density at radius 3 is 2.58 bits per heavy atom. The average Bonchev–Trinajstić information content (AvgIpc) is 2.57. The fourth-order valence-corrected chi connectivity index (χ4v) is 3.49. The van der Waals surface area contributed by atoms with Gasteiger partial charge in [-0.05, 0) is 43.4 Å². The van der Waals surface area contributed by atoms with E-state index in [1.165, 1.54) is 10.7 Å². The summed E-state index contributed by atoms with van der Waals surface area (Å²) in [6.45, 7) is 1.74. The van der Waals surface area contributed by atoms with Crippen molar-refractivity contribution in [2.24, 2.45) is 5.92 Å². The summed E-state index contributed by atoms with van der Waals surface area (Å²) in [4.78, 5) is 14.1. The summed E-state index contributed by atoms with van der Waals surface area (Å²) >= 11 is 0. The molecule has 0 N–H and O–H groups in total. The SMILES string of the molecule is O=c1cc2c(nn1CC1CN(c3ccc(C(F)(F)F)nn3)C1)CCCC2. The van der Waals surface area contributed by atoms with Crippen LogP contribution in [0.2, 0.25) is 0 Å². The zero-order chi connectivity index (χ0) is 18.3. The zero-order valence-electron chi connectivity index (χ0n) is 14.0. The molecule has 0 saturated carbocycles. The van der Waals surface area contributed by atoms with Crippen LogP contribution in [0.1, 0.15) is 29.8 Å². The molecule has 0 radical (unpaired) electrons. The molecule has 1 aliphatic carbocycles. The van der Waals surface area contributed by atoms with E-state index in [4.69, 9.17) is 0 Å². The molecular formula is C17H18F3N5O. The molecule has 1 aliphatic heterocycles. The number of anilines is 1. The molecular weight excluding hydrogens is 347 g/mol. The van der Waals surface area contributed by atoms with Crippen molar-refractivity contribution >= 4 is 5.82 Å². The summed E-state index contributed by atoms with van der Waals surface area (Å²) in [6.07, 6.45) is -0.454. The van der Waals surface area contributed by atoms with E-state index in [-0.39, 0.29) is 11.5 Å². The monoisotopic (exact) mass is 365 g/mol. The molecule has 0 bridgehead atoms. The summed E-state index contributed by atoms with van der Waals surface area (Å²) in [6, 6.07) is 3.96. The molecule has 2 aromatic rings. The fourth-order valence-electron chi connectivity index (χ4n) is 3.49. The van der Waals surface area contributed by atoms with Crippen molar-refractivity contribution in [2.45, 2.75) is 38.4 Å². The molecule has 9 heteroatoms. The Hall–Kier alpha value is -2.45. The Labute approximate surface area is 147 Å². The number of aromatic nitrogens is 4. The van der Waals surface area contributed by atoms with Crippen LogP contribution < -0.4 is 10.5 Å². The van der Waals surface area contributed by atoms with Gasteiger partial charge in [0.15, 0.2) is 11.5 Å². The van der Waals surface area contributed by atoms with Crippen LogP contribution in [0.5, 0.6) is 0 Å². The minimum Gasteiger partial charge on any atom is -0.354 e. The van der Waals surface area contributed by atoms with Gasteiger partial charge >= 0.3 is 6.18 Å². The molecule has 0 spiro atoms. The molecule has 1 saturated heterocycles. The number of alkyl halides is 3. The highest BCUT2D eigenvalue weighted by Gasteiger charge is 2.34. The quantitative estimate of drug-likeness (QED) is 0.833. The van der Waals surface area contributed by atoms with Crippen LogP contribution in [0.25, 0.3) is 0 Å². The molecule has 26 heavy (non-hydrogen) atoms. The van der Waals surface area contributed by atoms with E-state index >= 15 is 0 Å². The second-order valence-corrected chi connectivity index (χ2v) is 6.89. The summed E-state index contributed by atoms with van der Waals surface area (Å²) in [5.41, 5.74) is 0.995. The van der Waals surface area contributed by atoms with Crippen molar-refractivity contribution in [1.82, 2.24) is 20.0 Å². The maximum Gasteiger partial charge on any atom is 0.435 e. The third-order valence-corrected chi connectivity index (χ3v) is 4.93. The van der Waals surface area contributed by atoms with Gasteiger partial charge in [-0.3, -0.25) is 4.79 Å². The smallest absolute Gasteiger partial charge is 0.354 e. The van der Waals surface area contributed by atoms with Gasteiger partial charge in [-0.25, -0.2) is 4.68 Å². The normalized spacial score (nSPS) is 17.7. The molecule has 2 aliphatic rings. The van der Waals surface area contributed by atoms with Gasteiger partial charge in [0.1, 0.15) is 0 Å². The van der Waals surface area contributed by atoms with E-state index in [9.17, 15) is 18.0 Å². The first-order chi connectivity index (χ1) is 12.4. The predicted molar refractivity (Wildman–Crippen MR) is 87.9 cm³/mol. The van der Waals surface area contributed by atoms with Gasteiger partial charge in [0.25, 0.3) is 5.56 Å². The van der Waals surface area contributed by atoms with Crippen LogP contribution in [0, 0.1) is 5.92 Å². The number of hydrogen-bond acceptors (Lipinski definition) is 5. The highest BCUT2D eigenvalue weighted by Crippen LogP contribution is 2.29. The van der Waals surface area contributed by atoms with E-state index in [2.05, 4.69) is 15.3 Å². The van der Waals surface area contributed by atoms with Crippen LogP contribution in [-0.2, 0) is 25.6 Å². The maximum absolute atomic E-state index is 12.5. The third kappa shape index (κ3) is 3.30. The molecule has 138 valence electrons. The number of hydrogen-bond donors (Lipinski definition) is 0. The van der Waals surface area contributed by atoms with E-state index in [1.807, 2.05) is 4.90 Å². The van der Waals surface area contributed by atoms with Gasteiger partial charge in [0.05, 0.1) is 12.2 Å². The highest BCUT2D eigenvalue weighted by atomic mass is 19.4. The summed E-state index contributed by atoms with van der Waals surface area (Å²) in [5.74, 6) is 0.630. The van der Waals surface area contributed by atoms with Crippen molar-refractivity contribution in [3.05, 3.63) is 45.5 Å². The van der Waals surface area contributed by atoms with Crippen molar-refractivity contribution in [2.75, 3.05) is 18.0 Å². The molecule has 1 fully saturated rings. The fraction of sp³-hybridized carbons (Fsp3) is 0.529. The maximum atomic E-state index is 12.5. The number of aryl methyl sites for hydroxylation is 2. The Kier molecular flexibility index (Phi) is 4.16. The molecule has 0 amide bonds. The van der Waals surface area contributed by atoms with Crippen molar-refractivity contribution in [3.63, 3.8) is 0 Å². The van der Waals surface area contributed by atoms with Crippen LogP contribution in [0.3, 0.4) is 0 Å². The lowest BCUT2D eigenvalue weighted by Gasteiger charge is -2.39. The summed E-state index contributed by atoms with van der Waals surface area (Å²) in [7, 11) is 0. The summed E-state index contributed by atoms with van der Waals surface area (Å²) in [5, 5.41) is 11.4. The van der Waals surface area contributed by atoms with Gasteiger partial charge in [0.2, 0.25) is 0 Å². The predicted octanol–water partition coefficient (Wildman–Crippen LogP) is 2.07. The van der Waals surface area contributed by atoms with E-state index in [0.717, 1.165) is 43.0 Å². The minimum absolute atomic E-state index is 0.0848. The minimum atomic E-state index is -4.48. The number of fused-ring (bicyclic) bond motifs is 1. The lowest BCUT2D eigenvalue weighted by molar-refractivity contribution is -0.141. The molecule has 0 atom stereocenters. The van der Waals surface area contributed by atoms with Gasteiger partial charge in [-0.15, -0.1) is 10.2 Å².